The smallest absolute Gasteiger partial charge is 0.410 e. The predicted molar refractivity (Wildman–Crippen MR) is 129 cm³/mol. The minimum Gasteiger partial charge on any atom is -0.465 e. The van der Waals surface area contributed by atoms with Gasteiger partial charge in [-0.25, -0.2) is 9.59 Å². The lowest BCUT2D eigenvalue weighted by Gasteiger charge is -2.28. The summed E-state index contributed by atoms with van der Waals surface area (Å²) in [5.41, 5.74) is 2.45. The molecular weight excluding hydrogens is 470 g/mol. The summed E-state index contributed by atoms with van der Waals surface area (Å²) in [6.45, 7) is 3.05. The molecule has 0 saturated heterocycles. The number of nitrogens with one attached hydrogen (secondary N) is 2. The average Bonchev–Trinajstić information content (AvgIpc) is 3.50. The number of hydrogen-bond acceptors (Lipinski definition) is 8. The maximum atomic E-state index is 13.0. The number of fused-ring (bicyclic) bond motifs is 3. The van der Waals surface area contributed by atoms with Crippen LogP contribution in [0.2, 0.25) is 0 Å². The number of hydrogen-bond donors (Lipinski definition) is 2. The van der Waals surface area contributed by atoms with Crippen LogP contribution < -0.4 is 15.4 Å². The standard InChI is InChI=1S/C25H23N3O6S/c1-2-32-25(31)28-12-11-18-19(14-28)35-24-21(18)23(30)26-22(27-24)15-5-7-17(8-6-15)34-20(29)10-9-16-4-3-13-33-16/h3-10,13,22,27H,2,11-12,14H2,1H3,(H,26,30)/b10-9+/t22-/m0/s1. The molecule has 9 nitrogen and oxygen atoms in total. The summed E-state index contributed by atoms with van der Waals surface area (Å²) in [4.78, 5) is 39.7. The van der Waals surface area contributed by atoms with Crippen LogP contribution in [0.15, 0.2) is 53.2 Å². The fraction of sp³-hybridized carbons (Fsp3) is 0.240. The molecule has 3 aromatic rings. The van der Waals surface area contributed by atoms with Gasteiger partial charge in [-0.1, -0.05) is 12.1 Å². The highest BCUT2D eigenvalue weighted by Crippen LogP contribution is 2.41. The zero-order valence-electron chi connectivity index (χ0n) is 18.9. The third-order valence-electron chi connectivity index (χ3n) is 5.72. The predicted octanol–water partition coefficient (Wildman–Crippen LogP) is 4.33. The van der Waals surface area contributed by atoms with E-state index in [1.165, 1.54) is 29.8 Å². The van der Waals surface area contributed by atoms with Crippen molar-refractivity contribution >= 4 is 40.4 Å². The topological polar surface area (TPSA) is 110 Å². The third kappa shape index (κ3) is 4.78. The number of anilines is 1. The number of carbonyl (C=O) groups excluding carboxylic acids is 3. The number of amides is 2. The molecule has 5 rings (SSSR count). The second-order valence-electron chi connectivity index (χ2n) is 7.97. The molecule has 0 spiro atoms. The van der Waals surface area contributed by atoms with Crippen LogP contribution in [0.1, 0.15) is 45.2 Å². The molecule has 1 atom stereocenters. The van der Waals surface area contributed by atoms with Crippen molar-refractivity contribution < 1.29 is 28.3 Å². The molecule has 1 aromatic carbocycles. The molecule has 2 amide bonds. The molecule has 2 N–H and O–H groups in total. The fourth-order valence-electron chi connectivity index (χ4n) is 4.07. The van der Waals surface area contributed by atoms with E-state index < -0.39 is 12.1 Å². The zero-order chi connectivity index (χ0) is 24.4. The van der Waals surface area contributed by atoms with Gasteiger partial charge in [-0.3, -0.25) is 4.79 Å². The van der Waals surface area contributed by atoms with E-state index in [-0.39, 0.29) is 12.0 Å². The van der Waals surface area contributed by atoms with Gasteiger partial charge in [0.15, 0.2) is 0 Å². The fourth-order valence-corrected chi connectivity index (χ4v) is 5.36. The SMILES string of the molecule is CCOC(=O)N1CCc2c(sc3c2C(=O)N[C@H](c2ccc(OC(=O)/C=C/c4ccco4)cc2)N3)C1. The number of carbonyl (C=O) groups is 3. The van der Waals surface area contributed by atoms with Gasteiger partial charge >= 0.3 is 12.1 Å². The van der Waals surface area contributed by atoms with E-state index in [9.17, 15) is 14.4 Å². The first-order chi connectivity index (χ1) is 17.0. The third-order valence-corrected chi connectivity index (χ3v) is 6.87. The molecule has 0 aliphatic carbocycles. The highest BCUT2D eigenvalue weighted by atomic mass is 32.1. The Morgan fingerprint density at radius 1 is 1.23 bits per heavy atom. The van der Waals surface area contributed by atoms with Gasteiger partial charge in [-0.05, 0) is 54.8 Å². The number of nitrogens with zero attached hydrogens (tertiary/aromatic N) is 1. The summed E-state index contributed by atoms with van der Waals surface area (Å²) in [5, 5.41) is 7.17. The second-order valence-corrected chi connectivity index (χ2v) is 9.07. The molecule has 2 aliphatic rings. The first-order valence-corrected chi connectivity index (χ1v) is 12.0. The Labute approximate surface area is 205 Å². The van der Waals surface area contributed by atoms with E-state index in [0.29, 0.717) is 43.2 Å². The lowest BCUT2D eigenvalue weighted by molar-refractivity contribution is -0.128. The van der Waals surface area contributed by atoms with Gasteiger partial charge in [0.1, 0.15) is 22.7 Å². The van der Waals surface area contributed by atoms with Gasteiger partial charge in [-0.15, -0.1) is 11.3 Å². The van der Waals surface area contributed by atoms with Crippen LogP contribution in [-0.2, 0) is 22.5 Å². The van der Waals surface area contributed by atoms with Crippen molar-refractivity contribution in [3.63, 3.8) is 0 Å². The van der Waals surface area contributed by atoms with Gasteiger partial charge in [0.05, 0.1) is 25.0 Å². The van der Waals surface area contributed by atoms with Crippen molar-refractivity contribution in [3.8, 4) is 5.75 Å². The number of rotatable bonds is 5. The first kappa shape index (κ1) is 22.7. The molecule has 0 bridgehead atoms. The molecular formula is C25H23N3O6S. The van der Waals surface area contributed by atoms with Gasteiger partial charge in [-0.2, -0.15) is 0 Å². The molecule has 2 aromatic heterocycles. The van der Waals surface area contributed by atoms with Crippen molar-refractivity contribution in [2.75, 3.05) is 18.5 Å². The number of benzene rings is 1. The molecule has 180 valence electrons. The number of thiophene rings is 1. The van der Waals surface area contributed by atoms with E-state index >= 15 is 0 Å². The van der Waals surface area contributed by atoms with Crippen molar-refractivity contribution in [1.29, 1.82) is 0 Å². The Hall–Kier alpha value is -4.05. The maximum Gasteiger partial charge on any atom is 0.410 e. The molecule has 2 aliphatic heterocycles. The summed E-state index contributed by atoms with van der Waals surface area (Å²) < 4.78 is 15.6. The van der Waals surface area contributed by atoms with Crippen molar-refractivity contribution in [2.24, 2.45) is 0 Å². The molecule has 0 saturated carbocycles. The summed E-state index contributed by atoms with van der Waals surface area (Å²) in [6.07, 6.45) is 4.18. The zero-order valence-corrected chi connectivity index (χ0v) is 19.7. The van der Waals surface area contributed by atoms with E-state index in [0.717, 1.165) is 21.0 Å². The number of furan rings is 1. The van der Waals surface area contributed by atoms with Gasteiger partial charge in [0.25, 0.3) is 5.91 Å². The summed E-state index contributed by atoms with van der Waals surface area (Å²) >= 11 is 1.49. The molecule has 0 fully saturated rings. The maximum absolute atomic E-state index is 13.0. The second kappa shape index (κ2) is 9.67. The van der Waals surface area contributed by atoms with Gasteiger partial charge in [0, 0.05) is 17.5 Å². The largest absolute Gasteiger partial charge is 0.465 e. The van der Waals surface area contributed by atoms with Crippen LogP contribution in [0.4, 0.5) is 9.80 Å². The molecule has 0 radical (unpaired) electrons. The monoisotopic (exact) mass is 493 g/mol. The van der Waals surface area contributed by atoms with Crippen LogP contribution in [-0.4, -0.2) is 36.0 Å². The number of esters is 1. The van der Waals surface area contributed by atoms with E-state index in [4.69, 9.17) is 13.9 Å². The highest BCUT2D eigenvalue weighted by Gasteiger charge is 2.34. The summed E-state index contributed by atoms with van der Waals surface area (Å²) in [5.74, 6) is 0.268. The van der Waals surface area contributed by atoms with E-state index in [2.05, 4.69) is 10.6 Å². The number of ether oxygens (including phenoxy) is 2. The Morgan fingerprint density at radius 2 is 2.06 bits per heavy atom. The summed E-state index contributed by atoms with van der Waals surface area (Å²) in [6, 6.07) is 10.4. The molecule has 10 heteroatoms. The van der Waals surface area contributed by atoms with Gasteiger partial charge in [0.2, 0.25) is 0 Å². The van der Waals surface area contributed by atoms with Crippen LogP contribution >= 0.6 is 11.3 Å². The molecule has 35 heavy (non-hydrogen) atoms. The van der Waals surface area contributed by atoms with Crippen molar-refractivity contribution in [1.82, 2.24) is 10.2 Å². The summed E-state index contributed by atoms with van der Waals surface area (Å²) in [7, 11) is 0. The Morgan fingerprint density at radius 3 is 2.80 bits per heavy atom. The van der Waals surface area contributed by atoms with Crippen LogP contribution in [0.3, 0.4) is 0 Å². The molecule has 4 heterocycles. The van der Waals surface area contributed by atoms with Crippen LogP contribution in [0.5, 0.6) is 5.75 Å². The quantitative estimate of drug-likeness (QED) is 0.309. The van der Waals surface area contributed by atoms with Crippen LogP contribution in [0.25, 0.3) is 6.08 Å². The normalized spacial score (nSPS) is 16.8. The highest BCUT2D eigenvalue weighted by molar-refractivity contribution is 7.16. The minimum atomic E-state index is -0.524. The van der Waals surface area contributed by atoms with E-state index in [1.807, 2.05) is 0 Å². The van der Waals surface area contributed by atoms with Gasteiger partial charge < -0.3 is 29.4 Å². The van der Waals surface area contributed by atoms with Crippen LogP contribution in [0, 0.1) is 0 Å². The average molecular weight is 494 g/mol. The van der Waals surface area contributed by atoms with Crippen molar-refractivity contribution in [2.45, 2.75) is 26.1 Å². The minimum absolute atomic E-state index is 0.149. The Balaban J connectivity index is 1.25. The van der Waals surface area contributed by atoms with E-state index in [1.54, 1.807) is 48.2 Å². The lowest BCUT2D eigenvalue weighted by atomic mass is 10.0. The Bertz CT molecular complexity index is 1280. The Kier molecular flexibility index (Phi) is 6.28. The first-order valence-electron chi connectivity index (χ1n) is 11.2. The lowest BCUT2D eigenvalue weighted by Crippen LogP contribution is -2.39. The molecule has 0 unspecified atom stereocenters. The van der Waals surface area contributed by atoms with Crippen molar-refractivity contribution in [3.05, 3.63) is 76.1 Å².